The third-order valence-corrected chi connectivity index (χ3v) is 5.01. The van der Waals surface area contributed by atoms with Crippen LogP contribution in [0.4, 0.5) is 0 Å². The summed E-state index contributed by atoms with van der Waals surface area (Å²) in [5.74, 6) is -0.0379. The second-order valence-corrected chi connectivity index (χ2v) is 7.46. The summed E-state index contributed by atoms with van der Waals surface area (Å²) in [7, 11) is 0. The predicted molar refractivity (Wildman–Crippen MR) is 101 cm³/mol. The lowest BCUT2D eigenvalue weighted by molar-refractivity contribution is -0.120. The third-order valence-electron chi connectivity index (χ3n) is 3.92. The molecule has 0 aliphatic carbocycles. The molecule has 1 aromatic carbocycles. The molecule has 2 N–H and O–H groups in total. The molecule has 0 fully saturated rings. The molecular formula is C18H26N4O2S. The summed E-state index contributed by atoms with van der Waals surface area (Å²) in [6.45, 7) is 6.44. The Hall–Kier alpha value is -2.02. The maximum atomic E-state index is 12.4. The van der Waals surface area contributed by atoms with Crippen LogP contribution in [0.25, 0.3) is 0 Å². The lowest BCUT2D eigenvalue weighted by Gasteiger charge is -2.17. The molecule has 136 valence electrons. The average Bonchev–Trinajstić information content (AvgIpc) is 2.94. The molecule has 2 rings (SSSR count). The van der Waals surface area contributed by atoms with Crippen molar-refractivity contribution >= 4 is 17.7 Å². The van der Waals surface area contributed by atoms with E-state index in [0.29, 0.717) is 11.7 Å². The number of amides is 1. The summed E-state index contributed by atoms with van der Waals surface area (Å²) >= 11 is 1.30. The largest absolute Gasteiger partial charge is 0.353 e. The fourth-order valence-electron chi connectivity index (χ4n) is 2.49. The van der Waals surface area contributed by atoms with Crippen LogP contribution in [-0.4, -0.2) is 32.0 Å². The standard InChI is InChI=1S/C18H26N4O2S/c1-4-12-22-17(24)20-21-18(22)25-14(3)16(23)19-13(2)10-11-15-8-6-5-7-9-15/h5-9,13-14H,4,10-12H2,1-3H3,(H,19,23)(H,20,24)/t13-,14+/m1/s1. The molecule has 6 nitrogen and oxygen atoms in total. The molecule has 25 heavy (non-hydrogen) atoms. The van der Waals surface area contributed by atoms with Gasteiger partial charge in [0.2, 0.25) is 5.91 Å². The number of hydrogen-bond acceptors (Lipinski definition) is 4. The van der Waals surface area contributed by atoms with Gasteiger partial charge in [-0.1, -0.05) is 49.0 Å². The van der Waals surface area contributed by atoms with Gasteiger partial charge >= 0.3 is 5.69 Å². The van der Waals surface area contributed by atoms with E-state index in [1.807, 2.05) is 39.0 Å². The second-order valence-electron chi connectivity index (χ2n) is 6.16. The molecule has 0 unspecified atom stereocenters. The Balaban J connectivity index is 1.84. The van der Waals surface area contributed by atoms with E-state index in [1.165, 1.54) is 17.3 Å². The molecule has 0 saturated carbocycles. The molecular weight excluding hydrogens is 336 g/mol. The molecule has 0 aliphatic heterocycles. The van der Waals surface area contributed by atoms with Crippen LogP contribution < -0.4 is 11.0 Å². The molecule has 2 aromatic rings. The summed E-state index contributed by atoms with van der Waals surface area (Å²) in [4.78, 5) is 24.1. The van der Waals surface area contributed by atoms with Gasteiger partial charge in [-0.2, -0.15) is 0 Å². The summed E-state index contributed by atoms with van der Waals surface area (Å²) in [6, 6.07) is 10.3. The van der Waals surface area contributed by atoms with Gasteiger partial charge in [0, 0.05) is 12.6 Å². The molecule has 1 amide bonds. The van der Waals surface area contributed by atoms with Crippen LogP contribution in [0.3, 0.4) is 0 Å². The van der Waals surface area contributed by atoms with Crippen molar-refractivity contribution in [2.45, 2.75) is 63.0 Å². The predicted octanol–water partition coefficient (Wildman–Crippen LogP) is 2.60. The second kappa shape index (κ2) is 9.46. The first-order valence-corrected chi connectivity index (χ1v) is 9.55. The fourth-order valence-corrected chi connectivity index (χ4v) is 3.38. The number of aryl methyl sites for hydroxylation is 1. The topological polar surface area (TPSA) is 79.8 Å². The summed E-state index contributed by atoms with van der Waals surface area (Å²) in [5.41, 5.74) is 1.04. The number of nitrogens with one attached hydrogen (secondary N) is 2. The first-order chi connectivity index (χ1) is 12.0. The smallest absolute Gasteiger partial charge is 0.343 e. The average molecular weight is 362 g/mol. The summed E-state index contributed by atoms with van der Waals surface area (Å²) in [6.07, 6.45) is 2.65. The zero-order valence-corrected chi connectivity index (χ0v) is 15.8. The number of nitrogens with zero attached hydrogens (tertiary/aromatic N) is 2. The van der Waals surface area contributed by atoms with E-state index in [1.54, 1.807) is 4.57 Å². The number of H-pyrrole nitrogens is 1. The van der Waals surface area contributed by atoms with E-state index in [4.69, 9.17) is 0 Å². The Bertz CT molecular complexity index is 726. The van der Waals surface area contributed by atoms with E-state index in [9.17, 15) is 9.59 Å². The van der Waals surface area contributed by atoms with Gasteiger partial charge in [-0.15, -0.1) is 5.10 Å². The minimum atomic E-state index is -0.315. The lowest BCUT2D eigenvalue weighted by Crippen LogP contribution is -2.38. The van der Waals surface area contributed by atoms with Gasteiger partial charge in [-0.05, 0) is 38.7 Å². The quantitative estimate of drug-likeness (QED) is 0.672. The van der Waals surface area contributed by atoms with Gasteiger partial charge in [0.05, 0.1) is 5.25 Å². The van der Waals surface area contributed by atoms with Crippen LogP contribution in [-0.2, 0) is 17.8 Å². The SMILES string of the molecule is CCCn1c(S[C@@H](C)C(=O)N[C@H](C)CCc2ccccc2)n[nH]c1=O. The van der Waals surface area contributed by atoms with E-state index in [0.717, 1.165) is 19.3 Å². The monoisotopic (exact) mass is 362 g/mol. The van der Waals surface area contributed by atoms with Gasteiger partial charge < -0.3 is 5.32 Å². The minimum absolute atomic E-state index is 0.0379. The first-order valence-electron chi connectivity index (χ1n) is 8.67. The number of thioether (sulfide) groups is 1. The van der Waals surface area contributed by atoms with Crippen molar-refractivity contribution in [2.24, 2.45) is 0 Å². The van der Waals surface area contributed by atoms with E-state index < -0.39 is 0 Å². The highest BCUT2D eigenvalue weighted by Gasteiger charge is 2.20. The number of carbonyl (C=O) groups is 1. The van der Waals surface area contributed by atoms with Crippen LogP contribution in [0.2, 0.25) is 0 Å². The van der Waals surface area contributed by atoms with Crippen LogP contribution in [0.15, 0.2) is 40.3 Å². The van der Waals surface area contributed by atoms with Gasteiger partial charge in [0.25, 0.3) is 0 Å². The molecule has 1 aromatic heterocycles. The van der Waals surface area contributed by atoms with E-state index in [-0.39, 0.29) is 22.9 Å². The molecule has 2 atom stereocenters. The van der Waals surface area contributed by atoms with Gasteiger partial charge in [-0.3, -0.25) is 9.36 Å². The highest BCUT2D eigenvalue weighted by atomic mass is 32.2. The van der Waals surface area contributed by atoms with Crippen molar-refractivity contribution in [3.8, 4) is 0 Å². The fraction of sp³-hybridized carbons (Fsp3) is 0.500. The van der Waals surface area contributed by atoms with Crippen molar-refractivity contribution in [1.29, 1.82) is 0 Å². The zero-order chi connectivity index (χ0) is 18.2. The van der Waals surface area contributed by atoms with Crippen molar-refractivity contribution in [3.05, 3.63) is 46.4 Å². The van der Waals surface area contributed by atoms with Crippen LogP contribution in [0, 0.1) is 0 Å². The molecule has 0 radical (unpaired) electrons. The summed E-state index contributed by atoms with van der Waals surface area (Å²) < 4.78 is 1.58. The minimum Gasteiger partial charge on any atom is -0.353 e. The first kappa shape index (κ1) is 19.3. The van der Waals surface area contributed by atoms with Crippen molar-refractivity contribution in [2.75, 3.05) is 0 Å². The van der Waals surface area contributed by atoms with Crippen LogP contribution in [0.1, 0.15) is 39.2 Å². The molecule has 7 heteroatoms. The van der Waals surface area contributed by atoms with E-state index >= 15 is 0 Å². The number of hydrogen-bond donors (Lipinski definition) is 2. The summed E-state index contributed by atoms with van der Waals surface area (Å²) in [5, 5.41) is 9.76. The van der Waals surface area contributed by atoms with Gasteiger partial charge in [0.1, 0.15) is 0 Å². The molecule has 1 heterocycles. The van der Waals surface area contributed by atoms with E-state index in [2.05, 4.69) is 27.6 Å². The van der Waals surface area contributed by atoms with Crippen LogP contribution >= 0.6 is 11.8 Å². The maximum Gasteiger partial charge on any atom is 0.343 e. The Morgan fingerprint density at radius 3 is 2.72 bits per heavy atom. The van der Waals surface area contributed by atoms with Gasteiger partial charge in [0.15, 0.2) is 5.16 Å². The number of aromatic amines is 1. The molecule has 0 spiro atoms. The highest BCUT2D eigenvalue weighted by Crippen LogP contribution is 2.20. The Morgan fingerprint density at radius 1 is 1.32 bits per heavy atom. The molecule has 0 bridgehead atoms. The molecule has 0 aliphatic rings. The van der Waals surface area contributed by atoms with Crippen molar-refractivity contribution in [1.82, 2.24) is 20.1 Å². The Kier molecular flexibility index (Phi) is 7.31. The number of carbonyl (C=O) groups excluding carboxylic acids is 1. The normalized spacial score (nSPS) is 13.4. The van der Waals surface area contributed by atoms with Gasteiger partial charge in [-0.25, -0.2) is 9.89 Å². The highest BCUT2D eigenvalue weighted by molar-refractivity contribution is 8.00. The van der Waals surface area contributed by atoms with Crippen LogP contribution in [0.5, 0.6) is 0 Å². The van der Waals surface area contributed by atoms with Crippen molar-refractivity contribution in [3.63, 3.8) is 0 Å². The number of aromatic nitrogens is 3. The Labute approximate surface area is 152 Å². The molecule has 0 saturated heterocycles. The lowest BCUT2D eigenvalue weighted by atomic mass is 10.1. The number of benzene rings is 1. The van der Waals surface area contributed by atoms with Crippen molar-refractivity contribution < 1.29 is 4.79 Å². The maximum absolute atomic E-state index is 12.4. The zero-order valence-electron chi connectivity index (χ0n) is 15.0. The third kappa shape index (κ3) is 5.77. The number of rotatable bonds is 9. The Morgan fingerprint density at radius 2 is 2.04 bits per heavy atom.